The van der Waals surface area contributed by atoms with Crippen molar-refractivity contribution in [2.45, 2.75) is 26.2 Å². The highest BCUT2D eigenvalue weighted by Crippen LogP contribution is 2.26. The molecule has 18 heavy (non-hydrogen) atoms. The lowest BCUT2D eigenvalue weighted by atomic mass is 10.1. The van der Waals surface area contributed by atoms with Gasteiger partial charge >= 0.3 is 0 Å². The number of nitrogens with zero attached hydrogens (tertiary/aromatic N) is 1. The Bertz CT molecular complexity index is 511. The van der Waals surface area contributed by atoms with E-state index in [1.807, 2.05) is 17.0 Å². The Labute approximate surface area is 108 Å². The summed E-state index contributed by atoms with van der Waals surface area (Å²) in [5.41, 5.74) is 8.55. The minimum atomic E-state index is 0.227. The molecular formula is C15H18N2O. The van der Waals surface area contributed by atoms with Crippen molar-refractivity contribution in [2.75, 3.05) is 18.0 Å². The highest BCUT2D eigenvalue weighted by molar-refractivity contribution is 5.96. The van der Waals surface area contributed by atoms with Crippen LogP contribution in [0.25, 0.3) is 0 Å². The number of hydrogen-bond acceptors (Lipinski definition) is 2. The van der Waals surface area contributed by atoms with Gasteiger partial charge in [-0.05, 0) is 36.6 Å². The number of hydrogen-bond donors (Lipinski definition) is 1. The maximum absolute atomic E-state index is 11.8. The van der Waals surface area contributed by atoms with Crippen LogP contribution in [0.3, 0.4) is 0 Å². The third-order valence-electron chi connectivity index (χ3n) is 3.16. The normalized spacial score (nSPS) is 14.6. The summed E-state index contributed by atoms with van der Waals surface area (Å²) in [5, 5.41) is 0. The Morgan fingerprint density at radius 2 is 2.28 bits per heavy atom. The Kier molecular flexibility index (Phi) is 4.01. The second kappa shape index (κ2) is 5.70. The molecule has 94 valence electrons. The molecule has 0 aromatic heterocycles. The molecule has 3 nitrogen and oxygen atoms in total. The highest BCUT2D eigenvalue weighted by Gasteiger charge is 2.23. The molecule has 1 amide bonds. The summed E-state index contributed by atoms with van der Waals surface area (Å²) >= 11 is 0. The third kappa shape index (κ3) is 2.55. The summed E-state index contributed by atoms with van der Waals surface area (Å²) in [4.78, 5) is 13.7. The number of rotatable bonds is 2. The van der Waals surface area contributed by atoms with Crippen LogP contribution in [0.4, 0.5) is 5.69 Å². The molecule has 1 aromatic rings. The molecule has 0 saturated carbocycles. The quantitative estimate of drug-likeness (QED) is 0.802. The van der Waals surface area contributed by atoms with Gasteiger partial charge in [-0.3, -0.25) is 4.79 Å². The van der Waals surface area contributed by atoms with Crippen LogP contribution in [0.1, 0.15) is 30.9 Å². The van der Waals surface area contributed by atoms with Crippen molar-refractivity contribution in [3.8, 4) is 11.8 Å². The van der Waals surface area contributed by atoms with Crippen molar-refractivity contribution in [3.63, 3.8) is 0 Å². The average molecular weight is 242 g/mol. The number of benzene rings is 1. The van der Waals surface area contributed by atoms with E-state index in [4.69, 9.17) is 5.73 Å². The van der Waals surface area contributed by atoms with E-state index in [1.165, 1.54) is 5.56 Å². The SMILES string of the molecule is CCc1cc(C#CCN)ccc1N1CCCC1=O. The fourth-order valence-electron chi connectivity index (χ4n) is 2.27. The fraction of sp³-hybridized carbons (Fsp3) is 0.400. The van der Waals surface area contributed by atoms with E-state index in [0.717, 1.165) is 30.6 Å². The zero-order valence-corrected chi connectivity index (χ0v) is 10.7. The van der Waals surface area contributed by atoms with Gasteiger partial charge in [-0.25, -0.2) is 0 Å². The fourth-order valence-corrected chi connectivity index (χ4v) is 2.27. The number of carbonyl (C=O) groups excluding carboxylic acids is 1. The Hall–Kier alpha value is -1.79. The Morgan fingerprint density at radius 1 is 1.44 bits per heavy atom. The number of amides is 1. The molecule has 0 atom stereocenters. The molecule has 2 N–H and O–H groups in total. The molecular weight excluding hydrogens is 224 g/mol. The third-order valence-corrected chi connectivity index (χ3v) is 3.16. The van der Waals surface area contributed by atoms with E-state index < -0.39 is 0 Å². The lowest BCUT2D eigenvalue weighted by Gasteiger charge is -2.19. The number of aryl methyl sites for hydroxylation is 1. The summed E-state index contributed by atoms with van der Waals surface area (Å²) in [6.07, 6.45) is 2.52. The Morgan fingerprint density at radius 3 is 2.89 bits per heavy atom. The molecule has 1 aliphatic heterocycles. The van der Waals surface area contributed by atoms with Crippen LogP contribution in [0, 0.1) is 11.8 Å². The maximum Gasteiger partial charge on any atom is 0.227 e. The molecule has 0 aliphatic carbocycles. The topological polar surface area (TPSA) is 46.3 Å². The Balaban J connectivity index is 2.34. The molecule has 0 unspecified atom stereocenters. The average Bonchev–Trinajstić information content (AvgIpc) is 2.82. The van der Waals surface area contributed by atoms with Crippen LogP contribution in [-0.4, -0.2) is 19.0 Å². The first kappa shape index (κ1) is 12.7. The molecule has 1 saturated heterocycles. The largest absolute Gasteiger partial charge is 0.320 e. The van der Waals surface area contributed by atoms with E-state index in [1.54, 1.807) is 0 Å². The van der Waals surface area contributed by atoms with Crippen molar-refractivity contribution in [2.24, 2.45) is 5.73 Å². The van der Waals surface area contributed by atoms with Crippen LogP contribution in [0.2, 0.25) is 0 Å². The van der Waals surface area contributed by atoms with Crippen molar-refractivity contribution in [3.05, 3.63) is 29.3 Å². The van der Waals surface area contributed by atoms with Gasteiger partial charge in [-0.15, -0.1) is 0 Å². The molecule has 1 aromatic carbocycles. The van der Waals surface area contributed by atoms with Gasteiger partial charge in [0, 0.05) is 24.2 Å². The van der Waals surface area contributed by atoms with Crippen molar-refractivity contribution < 1.29 is 4.79 Å². The van der Waals surface area contributed by atoms with E-state index in [-0.39, 0.29) is 5.91 Å². The van der Waals surface area contributed by atoms with E-state index >= 15 is 0 Å². The van der Waals surface area contributed by atoms with E-state index in [9.17, 15) is 4.79 Å². The summed E-state index contributed by atoms with van der Waals surface area (Å²) in [6.45, 7) is 3.30. The summed E-state index contributed by atoms with van der Waals surface area (Å²) in [7, 11) is 0. The smallest absolute Gasteiger partial charge is 0.227 e. The minimum absolute atomic E-state index is 0.227. The standard InChI is InChI=1S/C15H18N2O/c1-2-13-11-12(5-3-9-16)7-8-14(13)17-10-4-6-15(17)18/h7-8,11H,2,4,6,9-10,16H2,1H3. The van der Waals surface area contributed by atoms with Crippen molar-refractivity contribution in [1.29, 1.82) is 0 Å². The molecule has 0 bridgehead atoms. The molecule has 3 heteroatoms. The number of anilines is 1. The predicted octanol–water partition coefficient (Wildman–Crippen LogP) is 1.69. The van der Waals surface area contributed by atoms with Gasteiger partial charge in [0.15, 0.2) is 0 Å². The van der Waals surface area contributed by atoms with Crippen LogP contribution in [0.5, 0.6) is 0 Å². The highest BCUT2D eigenvalue weighted by atomic mass is 16.2. The van der Waals surface area contributed by atoms with Crippen molar-refractivity contribution in [1.82, 2.24) is 0 Å². The monoisotopic (exact) mass is 242 g/mol. The molecule has 2 rings (SSSR count). The predicted molar refractivity (Wildman–Crippen MR) is 73.3 cm³/mol. The lowest BCUT2D eigenvalue weighted by Crippen LogP contribution is -2.24. The summed E-state index contributed by atoms with van der Waals surface area (Å²) < 4.78 is 0. The van der Waals surface area contributed by atoms with Crippen LogP contribution in [-0.2, 0) is 11.2 Å². The van der Waals surface area contributed by atoms with Gasteiger partial charge in [0.1, 0.15) is 0 Å². The number of carbonyl (C=O) groups is 1. The zero-order chi connectivity index (χ0) is 13.0. The molecule has 1 fully saturated rings. The van der Waals surface area contributed by atoms with Gasteiger partial charge in [0.2, 0.25) is 5.91 Å². The van der Waals surface area contributed by atoms with E-state index in [0.29, 0.717) is 13.0 Å². The molecule has 0 spiro atoms. The first-order valence-electron chi connectivity index (χ1n) is 6.38. The maximum atomic E-state index is 11.8. The molecule has 1 heterocycles. The van der Waals surface area contributed by atoms with Gasteiger partial charge in [0.25, 0.3) is 0 Å². The molecule has 0 radical (unpaired) electrons. The summed E-state index contributed by atoms with van der Waals surface area (Å²) in [6, 6.07) is 6.02. The summed E-state index contributed by atoms with van der Waals surface area (Å²) in [5.74, 6) is 6.11. The minimum Gasteiger partial charge on any atom is -0.320 e. The van der Waals surface area contributed by atoms with Crippen LogP contribution in [0.15, 0.2) is 18.2 Å². The second-order valence-electron chi connectivity index (χ2n) is 4.35. The van der Waals surface area contributed by atoms with Gasteiger partial charge in [0.05, 0.1) is 6.54 Å². The van der Waals surface area contributed by atoms with Crippen molar-refractivity contribution >= 4 is 11.6 Å². The van der Waals surface area contributed by atoms with E-state index in [2.05, 4.69) is 24.8 Å². The molecule has 1 aliphatic rings. The van der Waals surface area contributed by atoms with Gasteiger partial charge < -0.3 is 10.6 Å². The zero-order valence-electron chi connectivity index (χ0n) is 10.7. The van der Waals surface area contributed by atoms with Gasteiger partial charge in [-0.2, -0.15) is 0 Å². The van der Waals surface area contributed by atoms with Crippen LogP contribution < -0.4 is 10.6 Å². The van der Waals surface area contributed by atoms with Crippen LogP contribution >= 0.6 is 0 Å². The first-order chi connectivity index (χ1) is 8.76. The van der Waals surface area contributed by atoms with Gasteiger partial charge in [-0.1, -0.05) is 18.8 Å². The first-order valence-corrected chi connectivity index (χ1v) is 6.38. The number of nitrogens with two attached hydrogens (primary N) is 1. The second-order valence-corrected chi connectivity index (χ2v) is 4.35. The lowest BCUT2D eigenvalue weighted by molar-refractivity contribution is -0.117.